The van der Waals surface area contributed by atoms with Crippen molar-refractivity contribution in [1.82, 2.24) is 0 Å². The lowest BCUT2D eigenvalue weighted by molar-refractivity contribution is 0.112. The molecule has 1 aromatic carbocycles. The van der Waals surface area contributed by atoms with E-state index in [1.165, 1.54) is 4.88 Å². The molecule has 0 spiro atoms. The van der Waals surface area contributed by atoms with E-state index in [1.54, 1.807) is 11.3 Å². The van der Waals surface area contributed by atoms with Crippen LogP contribution in [0.1, 0.15) is 15.2 Å². The highest BCUT2D eigenvalue weighted by Gasteiger charge is 2.08. The number of halogens is 1. The minimum absolute atomic E-state index is 0.729. The highest BCUT2D eigenvalue weighted by Crippen LogP contribution is 2.23. The Balaban J connectivity index is 2.10. The fourth-order valence-corrected chi connectivity index (χ4v) is 2.85. The topological polar surface area (TPSA) is 20.3 Å². The molecule has 0 bridgehead atoms. The minimum atomic E-state index is 0.729. The number of anilines is 1. The van der Waals surface area contributed by atoms with Gasteiger partial charge in [-0.25, -0.2) is 0 Å². The predicted molar refractivity (Wildman–Crippen MR) is 80.8 cm³/mol. The molecule has 1 aromatic heterocycles. The molecule has 4 heteroatoms. The van der Waals surface area contributed by atoms with Gasteiger partial charge in [0.1, 0.15) is 0 Å². The van der Waals surface area contributed by atoms with Crippen molar-refractivity contribution in [1.29, 1.82) is 0 Å². The van der Waals surface area contributed by atoms with Gasteiger partial charge in [-0.15, -0.1) is 11.3 Å². The first-order valence-corrected chi connectivity index (χ1v) is 7.36. The average Bonchev–Trinajstić information content (AvgIpc) is 2.89. The Bertz CT molecular complexity index is 525. The minimum Gasteiger partial charge on any atom is -0.374 e. The highest BCUT2D eigenvalue weighted by molar-refractivity contribution is 9.10. The Morgan fingerprint density at radius 1 is 1.39 bits per heavy atom. The third-order valence-corrected chi connectivity index (χ3v) is 4.23. The number of nitrogens with zero attached hydrogens (tertiary/aromatic N) is 1. The van der Waals surface area contributed by atoms with Crippen LogP contribution in [0.25, 0.3) is 0 Å². The summed E-state index contributed by atoms with van der Waals surface area (Å²) >= 11 is 5.21. The van der Waals surface area contributed by atoms with Crippen molar-refractivity contribution >= 4 is 39.2 Å². The van der Waals surface area contributed by atoms with Crippen molar-refractivity contribution in [3.8, 4) is 0 Å². The molecule has 0 saturated carbocycles. The van der Waals surface area contributed by atoms with Crippen LogP contribution in [-0.2, 0) is 6.42 Å². The Kier molecular flexibility index (Phi) is 4.55. The van der Waals surface area contributed by atoms with Crippen molar-refractivity contribution in [2.24, 2.45) is 0 Å². The van der Waals surface area contributed by atoms with Crippen LogP contribution in [0.15, 0.2) is 40.2 Å². The van der Waals surface area contributed by atoms with Gasteiger partial charge in [0.15, 0.2) is 6.29 Å². The smallest absolute Gasteiger partial charge is 0.152 e. The predicted octanol–water partition coefficient (Wildman–Crippen LogP) is 4.00. The summed E-state index contributed by atoms with van der Waals surface area (Å²) in [6.45, 7) is 0.901. The number of hydrogen-bond acceptors (Lipinski definition) is 3. The Labute approximate surface area is 119 Å². The second kappa shape index (κ2) is 6.16. The number of likely N-dealkylation sites (N-methyl/N-ethyl adjacent to an activating group) is 1. The molecule has 2 aromatic rings. The third kappa shape index (κ3) is 3.21. The van der Waals surface area contributed by atoms with Gasteiger partial charge in [-0.05, 0) is 36.1 Å². The lowest BCUT2D eigenvalue weighted by Gasteiger charge is -2.20. The van der Waals surface area contributed by atoms with E-state index in [2.05, 4.69) is 38.3 Å². The van der Waals surface area contributed by atoms with Crippen LogP contribution in [-0.4, -0.2) is 19.9 Å². The fraction of sp³-hybridized carbons (Fsp3) is 0.214. The molecule has 0 unspecified atom stereocenters. The van der Waals surface area contributed by atoms with E-state index >= 15 is 0 Å². The summed E-state index contributed by atoms with van der Waals surface area (Å²) in [5.41, 5.74) is 1.70. The van der Waals surface area contributed by atoms with E-state index in [9.17, 15) is 4.79 Å². The molecule has 0 atom stereocenters. The molecule has 2 rings (SSSR count). The van der Waals surface area contributed by atoms with Gasteiger partial charge in [-0.2, -0.15) is 0 Å². The van der Waals surface area contributed by atoms with Crippen LogP contribution in [0.5, 0.6) is 0 Å². The van der Waals surface area contributed by atoms with Gasteiger partial charge in [0, 0.05) is 34.2 Å². The molecule has 0 saturated heterocycles. The van der Waals surface area contributed by atoms with Crippen LogP contribution in [0.2, 0.25) is 0 Å². The summed E-state index contributed by atoms with van der Waals surface area (Å²) in [5, 5.41) is 2.09. The van der Waals surface area contributed by atoms with Gasteiger partial charge in [0.2, 0.25) is 0 Å². The Hall–Kier alpha value is -1.13. The fourth-order valence-electron chi connectivity index (χ4n) is 1.80. The van der Waals surface area contributed by atoms with Crippen molar-refractivity contribution in [3.63, 3.8) is 0 Å². The molecule has 94 valence electrons. The van der Waals surface area contributed by atoms with Gasteiger partial charge >= 0.3 is 0 Å². The molecule has 0 N–H and O–H groups in total. The first-order chi connectivity index (χ1) is 8.70. The number of thiophene rings is 1. The summed E-state index contributed by atoms with van der Waals surface area (Å²) < 4.78 is 0.992. The van der Waals surface area contributed by atoms with Crippen LogP contribution < -0.4 is 4.90 Å². The molecule has 18 heavy (non-hydrogen) atoms. The van der Waals surface area contributed by atoms with E-state index in [0.29, 0.717) is 0 Å². The lowest BCUT2D eigenvalue weighted by atomic mass is 10.1. The summed E-state index contributed by atoms with van der Waals surface area (Å²) in [6.07, 6.45) is 1.91. The molecular weight excluding hydrogens is 310 g/mol. The maximum atomic E-state index is 11.0. The van der Waals surface area contributed by atoms with Crippen molar-refractivity contribution in [2.45, 2.75) is 6.42 Å². The van der Waals surface area contributed by atoms with Gasteiger partial charge in [-0.3, -0.25) is 4.79 Å². The number of carbonyl (C=O) groups excluding carboxylic acids is 1. The van der Waals surface area contributed by atoms with Crippen LogP contribution >= 0.6 is 27.3 Å². The van der Waals surface area contributed by atoms with E-state index < -0.39 is 0 Å². The van der Waals surface area contributed by atoms with Crippen molar-refractivity contribution in [2.75, 3.05) is 18.5 Å². The molecule has 0 aliphatic rings. The Morgan fingerprint density at radius 2 is 2.22 bits per heavy atom. The molecule has 0 fully saturated rings. The highest BCUT2D eigenvalue weighted by atomic mass is 79.9. The second-order valence-corrected chi connectivity index (χ2v) is 6.02. The number of hydrogen-bond donors (Lipinski definition) is 0. The molecule has 0 radical (unpaired) electrons. The zero-order valence-electron chi connectivity index (χ0n) is 10.1. The number of rotatable bonds is 5. The first kappa shape index (κ1) is 13.3. The molecule has 0 aliphatic heterocycles. The molecule has 1 heterocycles. The normalized spacial score (nSPS) is 10.3. The summed E-state index contributed by atoms with van der Waals surface area (Å²) in [7, 11) is 2.02. The van der Waals surface area contributed by atoms with Gasteiger partial charge < -0.3 is 4.90 Å². The SMILES string of the molecule is CN(CCc1cccs1)c1cc(Br)ccc1C=O. The zero-order valence-corrected chi connectivity index (χ0v) is 12.5. The monoisotopic (exact) mass is 323 g/mol. The molecule has 0 aliphatic carbocycles. The standard InChI is InChI=1S/C14H14BrNOS/c1-16(7-6-13-3-2-8-18-13)14-9-12(15)5-4-11(14)10-17/h2-5,8-10H,6-7H2,1H3. The van der Waals surface area contributed by atoms with E-state index in [4.69, 9.17) is 0 Å². The van der Waals surface area contributed by atoms with Crippen LogP contribution in [0, 0.1) is 0 Å². The van der Waals surface area contributed by atoms with Crippen LogP contribution in [0.4, 0.5) is 5.69 Å². The molecule has 0 amide bonds. The molecule has 2 nitrogen and oxygen atoms in total. The number of carbonyl (C=O) groups is 1. The maximum Gasteiger partial charge on any atom is 0.152 e. The summed E-state index contributed by atoms with van der Waals surface area (Å²) in [4.78, 5) is 14.5. The van der Waals surface area contributed by atoms with E-state index in [1.807, 2.05) is 25.2 Å². The van der Waals surface area contributed by atoms with Crippen molar-refractivity contribution in [3.05, 3.63) is 50.6 Å². The quantitative estimate of drug-likeness (QED) is 0.775. The van der Waals surface area contributed by atoms with E-state index in [0.717, 1.165) is 35.0 Å². The van der Waals surface area contributed by atoms with Crippen LogP contribution in [0.3, 0.4) is 0 Å². The summed E-state index contributed by atoms with van der Waals surface area (Å²) in [6, 6.07) is 9.92. The maximum absolute atomic E-state index is 11.0. The number of benzene rings is 1. The summed E-state index contributed by atoms with van der Waals surface area (Å²) in [5.74, 6) is 0. The van der Waals surface area contributed by atoms with Gasteiger partial charge in [0.05, 0.1) is 0 Å². The average molecular weight is 324 g/mol. The zero-order chi connectivity index (χ0) is 13.0. The first-order valence-electron chi connectivity index (χ1n) is 5.69. The van der Waals surface area contributed by atoms with Crippen molar-refractivity contribution < 1.29 is 4.79 Å². The molecular formula is C14H14BrNOS. The van der Waals surface area contributed by atoms with Gasteiger partial charge in [-0.1, -0.05) is 22.0 Å². The van der Waals surface area contributed by atoms with Gasteiger partial charge in [0.25, 0.3) is 0 Å². The third-order valence-electron chi connectivity index (χ3n) is 2.80. The lowest BCUT2D eigenvalue weighted by Crippen LogP contribution is -2.21. The number of aldehydes is 1. The Morgan fingerprint density at radius 3 is 2.89 bits per heavy atom. The second-order valence-electron chi connectivity index (χ2n) is 4.07. The van der Waals surface area contributed by atoms with E-state index in [-0.39, 0.29) is 0 Å². The largest absolute Gasteiger partial charge is 0.374 e.